The highest BCUT2D eigenvalue weighted by atomic mass is 32.2. The summed E-state index contributed by atoms with van der Waals surface area (Å²) in [5, 5.41) is 18.5. The Kier molecular flexibility index (Phi) is 3.76. The van der Waals surface area contributed by atoms with E-state index >= 15 is 0 Å². The van der Waals surface area contributed by atoms with Crippen molar-refractivity contribution in [2.75, 3.05) is 0 Å². The Morgan fingerprint density at radius 1 is 1.24 bits per heavy atom. The predicted molar refractivity (Wildman–Crippen MR) is 65.4 cm³/mol. The molecule has 2 rings (SSSR count). The third kappa shape index (κ3) is 3.06. The third-order valence-corrected chi connectivity index (χ3v) is 3.13. The zero-order chi connectivity index (χ0) is 12.1. The van der Waals surface area contributed by atoms with E-state index in [0.29, 0.717) is 5.56 Å². The molecule has 0 aliphatic heterocycles. The maximum atomic E-state index is 8.93. The second kappa shape index (κ2) is 5.48. The molecular weight excluding hydrogens is 232 g/mol. The highest BCUT2D eigenvalue weighted by Gasteiger charge is 2.00. The van der Waals surface area contributed by atoms with Gasteiger partial charge in [-0.1, -0.05) is 23.9 Å². The molecule has 0 aliphatic carbocycles. The zero-order valence-corrected chi connectivity index (χ0v) is 9.81. The number of benzene rings is 1. The number of nitrogens with zero attached hydrogens (tertiary/aromatic N) is 2. The van der Waals surface area contributed by atoms with Crippen molar-refractivity contribution >= 4 is 11.8 Å². The summed E-state index contributed by atoms with van der Waals surface area (Å²) >= 11 is 1.49. The van der Waals surface area contributed by atoms with Crippen LogP contribution in [0.3, 0.4) is 0 Å². The largest absolute Gasteiger partial charge is 0.392 e. The van der Waals surface area contributed by atoms with Crippen LogP contribution in [0, 0.1) is 11.3 Å². The van der Waals surface area contributed by atoms with E-state index in [4.69, 9.17) is 10.4 Å². The molecule has 1 aromatic carbocycles. The lowest BCUT2D eigenvalue weighted by Gasteiger charge is -2.02. The van der Waals surface area contributed by atoms with E-state index in [1.54, 1.807) is 18.3 Å². The van der Waals surface area contributed by atoms with Gasteiger partial charge in [0.1, 0.15) is 5.03 Å². The van der Waals surface area contributed by atoms with Gasteiger partial charge in [-0.3, -0.25) is 0 Å². The van der Waals surface area contributed by atoms with Gasteiger partial charge in [-0.15, -0.1) is 0 Å². The summed E-state index contributed by atoms with van der Waals surface area (Å²) in [5.74, 6) is 0. The van der Waals surface area contributed by atoms with E-state index in [9.17, 15) is 0 Å². The molecule has 17 heavy (non-hydrogen) atoms. The molecule has 0 aliphatic rings. The third-order valence-electron chi connectivity index (χ3n) is 2.19. The first-order chi connectivity index (χ1) is 8.31. The molecule has 0 atom stereocenters. The van der Waals surface area contributed by atoms with Crippen molar-refractivity contribution in [2.24, 2.45) is 0 Å². The molecule has 0 fully saturated rings. The fourth-order valence-electron chi connectivity index (χ4n) is 1.32. The summed E-state index contributed by atoms with van der Waals surface area (Å²) in [5.41, 5.74) is 1.49. The first-order valence-corrected chi connectivity index (χ1v) is 5.87. The summed E-state index contributed by atoms with van der Waals surface area (Å²) < 4.78 is 0. The molecule has 4 heteroatoms. The van der Waals surface area contributed by atoms with Crippen molar-refractivity contribution in [1.29, 1.82) is 5.26 Å². The molecule has 0 amide bonds. The monoisotopic (exact) mass is 242 g/mol. The van der Waals surface area contributed by atoms with Crippen LogP contribution in [0.2, 0.25) is 0 Å². The first kappa shape index (κ1) is 11.6. The molecule has 0 spiro atoms. The molecule has 0 bridgehead atoms. The molecule has 0 saturated heterocycles. The summed E-state index contributed by atoms with van der Waals surface area (Å²) in [6.07, 6.45) is 1.63. The number of aromatic nitrogens is 1. The van der Waals surface area contributed by atoms with E-state index in [0.717, 1.165) is 15.5 Å². The second-order valence-electron chi connectivity index (χ2n) is 3.40. The smallest absolute Gasteiger partial charge is 0.102 e. The standard InChI is InChI=1S/C13H10N2OS/c14-8-11-5-6-15-13(7-11)17-12-3-1-10(9-16)2-4-12/h1-7,16H,9H2. The molecular formula is C13H10N2OS. The Morgan fingerprint density at radius 2 is 2.00 bits per heavy atom. The van der Waals surface area contributed by atoms with Crippen molar-refractivity contribution in [2.45, 2.75) is 16.5 Å². The minimum absolute atomic E-state index is 0.0487. The van der Waals surface area contributed by atoms with Gasteiger partial charge in [0.25, 0.3) is 0 Å². The van der Waals surface area contributed by atoms with Crippen LogP contribution in [0.25, 0.3) is 0 Å². The number of rotatable bonds is 3. The molecule has 0 unspecified atom stereocenters. The van der Waals surface area contributed by atoms with Crippen LogP contribution >= 0.6 is 11.8 Å². The number of nitriles is 1. The molecule has 0 radical (unpaired) electrons. The Hall–Kier alpha value is -1.83. The number of aliphatic hydroxyl groups excluding tert-OH is 1. The normalized spacial score (nSPS) is 9.88. The van der Waals surface area contributed by atoms with Crippen molar-refractivity contribution in [3.8, 4) is 6.07 Å². The van der Waals surface area contributed by atoms with Gasteiger partial charge in [-0.2, -0.15) is 5.26 Å². The Balaban J connectivity index is 2.16. The zero-order valence-electron chi connectivity index (χ0n) is 9.00. The first-order valence-electron chi connectivity index (χ1n) is 5.05. The topological polar surface area (TPSA) is 56.9 Å². The van der Waals surface area contributed by atoms with E-state index < -0.39 is 0 Å². The van der Waals surface area contributed by atoms with Crippen molar-refractivity contribution in [1.82, 2.24) is 4.98 Å². The maximum absolute atomic E-state index is 8.93. The van der Waals surface area contributed by atoms with Crippen LogP contribution in [0.15, 0.2) is 52.5 Å². The van der Waals surface area contributed by atoms with Crippen molar-refractivity contribution in [3.63, 3.8) is 0 Å². The van der Waals surface area contributed by atoms with Gasteiger partial charge in [0.15, 0.2) is 0 Å². The van der Waals surface area contributed by atoms with E-state index in [1.165, 1.54) is 11.8 Å². The lowest BCUT2D eigenvalue weighted by Crippen LogP contribution is -1.84. The van der Waals surface area contributed by atoms with Crippen LogP contribution < -0.4 is 0 Å². The van der Waals surface area contributed by atoms with Gasteiger partial charge in [-0.25, -0.2) is 4.98 Å². The van der Waals surface area contributed by atoms with E-state index in [1.807, 2.05) is 24.3 Å². The van der Waals surface area contributed by atoms with Crippen LogP contribution in [-0.2, 0) is 6.61 Å². The molecule has 1 aromatic heterocycles. The highest BCUT2D eigenvalue weighted by molar-refractivity contribution is 7.99. The minimum Gasteiger partial charge on any atom is -0.392 e. The quantitative estimate of drug-likeness (QED) is 0.898. The summed E-state index contributed by atoms with van der Waals surface area (Å²) in [6, 6.07) is 13.1. The van der Waals surface area contributed by atoms with E-state index in [2.05, 4.69) is 11.1 Å². The van der Waals surface area contributed by atoms with Crippen molar-refractivity contribution < 1.29 is 5.11 Å². The lowest BCUT2D eigenvalue weighted by atomic mass is 10.2. The number of aliphatic hydroxyl groups is 1. The maximum Gasteiger partial charge on any atom is 0.102 e. The number of hydrogen-bond acceptors (Lipinski definition) is 4. The summed E-state index contributed by atoms with van der Waals surface area (Å²) in [7, 11) is 0. The molecule has 2 aromatic rings. The minimum atomic E-state index is 0.0487. The van der Waals surface area contributed by atoms with Crippen LogP contribution in [0.1, 0.15) is 11.1 Å². The van der Waals surface area contributed by atoms with Crippen LogP contribution in [-0.4, -0.2) is 10.1 Å². The van der Waals surface area contributed by atoms with Gasteiger partial charge in [0.05, 0.1) is 18.2 Å². The Labute approximate surface area is 104 Å². The molecule has 0 saturated carbocycles. The van der Waals surface area contributed by atoms with Gasteiger partial charge < -0.3 is 5.11 Å². The van der Waals surface area contributed by atoms with E-state index in [-0.39, 0.29) is 6.61 Å². The Morgan fingerprint density at radius 3 is 2.65 bits per heavy atom. The molecule has 1 heterocycles. The van der Waals surface area contributed by atoms with Gasteiger partial charge >= 0.3 is 0 Å². The van der Waals surface area contributed by atoms with Crippen LogP contribution in [0.4, 0.5) is 0 Å². The average molecular weight is 242 g/mol. The molecule has 84 valence electrons. The SMILES string of the molecule is N#Cc1ccnc(Sc2ccc(CO)cc2)c1. The second-order valence-corrected chi connectivity index (χ2v) is 4.49. The molecule has 1 N–H and O–H groups in total. The van der Waals surface area contributed by atoms with Gasteiger partial charge in [-0.05, 0) is 29.8 Å². The Bertz CT molecular complexity index is 546. The fourth-order valence-corrected chi connectivity index (χ4v) is 2.13. The van der Waals surface area contributed by atoms with Crippen LogP contribution in [0.5, 0.6) is 0 Å². The number of hydrogen-bond donors (Lipinski definition) is 1. The summed E-state index contributed by atoms with van der Waals surface area (Å²) in [4.78, 5) is 5.22. The molecule has 3 nitrogen and oxygen atoms in total. The highest BCUT2D eigenvalue weighted by Crippen LogP contribution is 2.26. The van der Waals surface area contributed by atoms with Gasteiger partial charge in [0.2, 0.25) is 0 Å². The number of pyridine rings is 1. The van der Waals surface area contributed by atoms with Crippen molar-refractivity contribution in [3.05, 3.63) is 53.7 Å². The predicted octanol–water partition coefficient (Wildman–Crippen LogP) is 2.60. The fraction of sp³-hybridized carbons (Fsp3) is 0.0769. The van der Waals surface area contributed by atoms with Gasteiger partial charge in [0, 0.05) is 11.1 Å². The summed E-state index contributed by atoms with van der Waals surface area (Å²) in [6.45, 7) is 0.0487. The average Bonchev–Trinajstić information content (AvgIpc) is 2.40. The lowest BCUT2D eigenvalue weighted by molar-refractivity contribution is 0.282.